The van der Waals surface area contributed by atoms with E-state index in [1.165, 1.54) is 6.26 Å². The van der Waals surface area contributed by atoms with Gasteiger partial charge >= 0.3 is 5.97 Å². The maximum Gasteiger partial charge on any atom is 0.360 e. The Morgan fingerprint density at radius 2 is 1.94 bits per heavy atom. The summed E-state index contributed by atoms with van der Waals surface area (Å²) in [5.41, 5.74) is -0.425. The molecule has 0 spiro atoms. The van der Waals surface area contributed by atoms with Gasteiger partial charge in [0.1, 0.15) is 12.4 Å². The third-order valence-corrected chi connectivity index (χ3v) is 11.3. The predicted molar refractivity (Wildman–Crippen MR) is 142 cm³/mol. The lowest BCUT2D eigenvalue weighted by Gasteiger charge is -2.45. The van der Waals surface area contributed by atoms with Crippen molar-refractivity contribution in [2.45, 2.75) is 90.8 Å². The number of nitrogens with zero attached hydrogens (tertiary/aromatic N) is 1. The number of carbonyl (C=O) groups excluding carboxylic acids is 1. The number of allylic oxidation sites excluding steroid dienone is 4. The summed E-state index contributed by atoms with van der Waals surface area (Å²) in [5.74, 6) is 6.08. The Kier molecular flexibility index (Phi) is 9.91. The number of oxazole rings is 1. The Morgan fingerprint density at radius 3 is 2.57 bits per heavy atom. The number of aromatic nitrogens is 1. The Labute approximate surface area is 211 Å². The lowest BCUT2D eigenvalue weighted by Crippen LogP contribution is -2.51. The molecule has 0 saturated carbocycles. The number of hydrogen-bond acceptors (Lipinski definition) is 6. The summed E-state index contributed by atoms with van der Waals surface area (Å²) in [7, 11) is -0.489. The van der Waals surface area contributed by atoms with Gasteiger partial charge in [-0.25, -0.2) is 9.78 Å². The van der Waals surface area contributed by atoms with Gasteiger partial charge in [0.05, 0.1) is 18.6 Å². The van der Waals surface area contributed by atoms with Crippen LogP contribution in [0.4, 0.5) is 0 Å². The van der Waals surface area contributed by atoms with Crippen LogP contribution in [0.1, 0.15) is 64.3 Å². The first-order chi connectivity index (χ1) is 16.3. The molecule has 2 heterocycles. The van der Waals surface area contributed by atoms with Gasteiger partial charge in [-0.1, -0.05) is 76.8 Å². The second kappa shape index (κ2) is 12.0. The molecule has 0 saturated heterocycles. The molecule has 0 fully saturated rings. The van der Waals surface area contributed by atoms with E-state index < -0.39 is 25.8 Å². The number of rotatable bonds is 6. The van der Waals surface area contributed by atoms with Gasteiger partial charge < -0.3 is 18.3 Å². The third kappa shape index (κ3) is 7.79. The minimum Gasteiger partial charge on any atom is -0.456 e. The van der Waals surface area contributed by atoms with Crippen LogP contribution in [0.25, 0.3) is 0 Å². The van der Waals surface area contributed by atoms with Gasteiger partial charge in [-0.15, -0.1) is 0 Å². The van der Waals surface area contributed by atoms with Crippen LogP contribution in [0.15, 0.2) is 47.1 Å². The second-order valence-corrected chi connectivity index (χ2v) is 15.7. The molecule has 35 heavy (non-hydrogen) atoms. The van der Waals surface area contributed by atoms with Gasteiger partial charge in [-0.3, -0.25) is 0 Å². The fourth-order valence-electron chi connectivity index (χ4n) is 3.34. The van der Waals surface area contributed by atoms with Gasteiger partial charge in [0.25, 0.3) is 0 Å². The summed E-state index contributed by atoms with van der Waals surface area (Å²) in [6, 6.07) is 0. The largest absolute Gasteiger partial charge is 0.456 e. The van der Waals surface area contributed by atoms with Crippen LogP contribution in [-0.4, -0.2) is 44.7 Å². The Hall–Kier alpha value is -2.40. The molecule has 0 aromatic carbocycles. The van der Waals surface area contributed by atoms with E-state index in [1.807, 2.05) is 31.2 Å². The van der Waals surface area contributed by atoms with E-state index in [-0.39, 0.29) is 22.9 Å². The average molecular weight is 500 g/mol. The van der Waals surface area contributed by atoms with Crippen LogP contribution in [0.2, 0.25) is 18.1 Å². The monoisotopic (exact) mass is 499 g/mol. The average Bonchev–Trinajstić information content (AvgIpc) is 3.23. The summed E-state index contributed by atoms with van der Waals surface area (Å²) in [6.07, 6.45) is 12.5. The molecule has 0 radical (unpaired) electrons. The molecule has 1 aromatic heterocycles. The maximum absolute atomic E-state index is 13.1. The van der Waals surface area contributed by atoms with Crippen LogP contribution in [0, 0.1) is 17.3 Å². The van der Waals surface area contributed by atoms with Gasteiger partial charge in [0, 0.05) is 18.9 Å². The lowest BCUT2D eigenvalue weighted by atomic mass is 9.79. The molecule has 2 rings (SSSR count). The number of methoxy groups -OCH3 is 1. The molecule has 0 unspecified atom stereocenters. The van der Waals surface area contributed by atoms with Crippen LogP contribution in [0.5, 0.6) is 0 Å². The highest BCUT2D eigenvalue weighted by Crippen LogP contribution is 2.42. The molecule has 192 valence electrons. The van der Waals surface area contributed by atoms with E-state index in [4.69, 9.17) is 18.3 Å². The summed E-state index contributed by atoms with van der Waals surface area (Å²) in [4.78, 5) is 17.4. The molecule has 6 nitrogen and oxygen atoms in total. The molecule has 3 atom stereocenters. The minimum absolute atomic E-state index is 0.0383. The van der Waals surface area contributed by atoms with Crippen molar-refractivity contribution in [3.63, 3.8) is 0 Å². The van der Waals surface area contributed by atoms with Crippen molar-refractivity contribution < 1.29 is 23.1 Å². The summed E-state index contributed by atoms with van der Waals surface area (Å²) >= 11 is 0. The van der Waals surface area contributed by atoms with Gasteiger partial charge in [0.2, 0.25) is 0 Å². The van der Waals surface area contributed by atoms with Crippen LogP contribution in [-0.2, 0) is 20.3 Å². The van der Waals surface area contributed by atoms with Gasteiger partial charge in [-0.2, -0.15) is 0 Å². The Morgan fingerprint density at radius 1 is 1.23 bits per heavy atom. The van der Waals surface area contributed by atoms with Crippen LogP contribution < -0.4 is 0 Å². The summed E-state index contributed by atoms with van der Waals surface area (Å²) < 4.78 is 23.8. The standard InChI is InChI=1S/C28H41NO5Si/c1-10-16-24(34-35(8,9)27(2,3)4)28(5,6)23-18-15-13-11-12-14-17-21(31-7)19-25-29-22(20-32-25)26(30)33-23/h10-12,14,16-17,20-21,23-24H,18-19H2,1-9H3/b12-11-,16-10+,17-14+/t21-,23+,24-/m1/s1. The number of cyclic esters (lactones) is 1. The first-order valence-electron chi connectivity index (χ1n) is 12.1. The predicted octanol–water partition coefficient (Wildman–Crippen LogP) is 6.27. The fraction of sp³-hybridized carbons (Fsp3) is 0.571. The van der Waals surface area contributed by atoms with E-state index in [9.17, 15) is 4.79 Å². The highest BCUT2D eigenvalue weighted by Gasteiger charge is 2.45. The number of hydrogen-bond donors (Lipinski definition) is 0. The molecule has 0 amide bonds. The molecule has 0 N–H and O–H groups in total. The Bertz CT molecular complexity index is 1000. The molecule has 1 aliphatic rings. The van der Waals surface area contributed by atoms with Gasteiger partial charge in [-0.05, 0) is 31.1 Å². The normalized spacial score (nSPS) is 22.9. The van der Waals surface area contributed by atoms with E-state index >= 15 is 0 Å². The quantitative estimate of drug-likeness (QED) is 0.199. The highest BCUT2D eigenvalue weighted by atomic mass is 28.4. The zero-order valence-corrected chi connectivity index (χ0v) is 23.7. The molecular formula is C28H41NO5Si. The highest BCUT2D eigenvalue weighted by molar-refractivity contribution is 6.74. The maximum atomic E-state index is 13.1. The van der Waals surface area contributed by atoms with Crippen LogP contribution in [0.3, 0.4) is 0 Å². The van der Waals surface area contributed by atoms with Gasteiger partial charge in [0.15, 0.2) is 19.9 Å². The fourth-order valence-corrected chi connectivity index (χ4v) is 4.71. The van der Waals surface area contributed by atoms with Crippen molar-refractivity contribution in [3.8, 4) is 11.8 Å². The minimum atomic E-state index is -2.10. The van der Waals surface area contributed by atoms with Crippen molar-refractivity contribution in [2.24, 2.45) is 5.41 Å². The second-order valence-electron chi connectivity index (χ2n) is 10.9. The van der Waals surface area contributed by atoms with Crippen molar-refractivity contribution in [2.75, 3.05) is 7.11 Å². The topological polar surface area (TPSA) is 70.8 Å². The molecule has 7 heteroatoms. The number of carbonyl (C=O) groups is 1. The number of esters is 1. The molecular weight excluding hydrogens is 458 g/mol. The van der Waals surface area contributed by atoms with Crippen molar-refractivity contribution >= 4 is 14.3 Å². The van der Waals surface area contributed by atoms with E-state index in [1.54, 1.807) is 13.2 Å². The van der Waals surface area contributed by atoms with Crippen molar-refractivity contribution in [3.05, 3.63) is 54.3 Å². The molecule has 0 aliphatic carbocycles. The van der Waals surface area contributed by atoms with E-state index in [0.717, 1.165) is 0 Å². The molecule has 1 aliphatic heterocycles. The molecule has 2 bridgehead atoms. The molecule has 1 aromatic rings. The Balaban J connectivity index is 2.43. The lowest BCUT2D eigenvalue weighted by molar-refractivity contribution is -0.0411. The first kappa shape index (κ1) is 28.8. The summed E-state index contributed by atoms with van der Waals surface area (Å²) in [5, 5.41) is 0.0383. The smallest absolute Gasteiger partial charge is 0.360 e. The SMILES string of the molecule is C/C=C/[C@@H](O[Si](C)(C)C(C)(C)C)C(C)(C)[C@@H]1CC#C/C=C\C=C\[C@@H](OC)Cc2nc(co2)C(=O)O1. The van der Waals surface area contributed by atoms with Crippen molar-refractivity contribution in [1.82, 2.24) is 4.98 Å². The zero-order valence-electron chi connectivity index (χ0n) is 22.7. The van der Waals surface area contributed by atoms with E-state index in [2.05, 4.69) is 70.6 Å². The zero-order chi connectivity index (χ0) is 26.3. The number of ether oxygens (including phenoxy) is 2. The first-order valence-corrected chi connectivity index (χ1v) is 15.0. The third-order valence-electron chi connectivity index (χ3n) is 6.85. The summed E-state index contributed by atoms with van der Waals surface area (Å²) in [6.45, 7) is 17.2. The number of fused-ring (bicyclic) bond motifs is 2. The van der Waals surface area contributed by atoms with Crippen LogP contribution >= 0.6 is 0 Å². The van der Waals surface area contributed by atoms with Crippen molar-refractivity contribution in [1.29, 1.82) is 0 Å². The van der Waals surface area contributed by atoms with E-state index in [0.29, 0.717) is 18.7 Å².